The number of aliphatic hydroxyl groups is 2. The van der Waals surface area contributed by atoms with Crippen LogP contribution in [0.2, 0.25) is 0 Å². The molecule has 0 aromatic rings. The van der Waals surface area contributed by atoms with E-state index in [1.54, 1.807) is 0 Å². The highest BCUT2D eigenvalue weighted by atomic mass is 16.5. The number of nitrogens with one attached hydrogen (secondary N) is 1. The van der Waals surface area contributed by atoms with Crippen molar-refractivity contribution >= 4 is 5.91 Å². The van der Waals surface area contributed by atoms with Crippen LogP contribution in [-0.2, 0) is 4.79 Å². The van der Waals surface area contributed by atoms with Gasteiger partial charge in [-0.25, -0.2) is 0 Å². The van der Waals surface area contributed by atoms with Crippen LogP contribution in [0.4, 0.5) is 0 Å². The normalized spacial score (nSPS) is 32.6. The van der Waals surface area contributed by atoms with Crippen LogP contribution in [0.3, 0.4) is 0 Å². The summed E-state index contributed by atoms with van der Waals surface area (Å²) in [4.78, 5) is 11.7. The van der Waals surface area contributed by atoms with E-state index in [0.29, 0.717) is 18.4 Å². The third kappa shape index (κ3) is 2.38. The number of rotatable bonds is 4. The van der Waals surface area contributed by atoms with Gasteiger partial charge >= 0.3 is 0 Å². The molecule has 2 aliphatic rings. The number of carbonyl (C=O) groups excluding carboxylic acids is 1. The summed E-state index contributed by atoms with van der Waals surface area (Å²) in [6.45, 7) is 0.341. The molecule has 1 saturated carbocycles. The SMILES string of the molecule is O=C(NCCC(O)O)C1CC2C=CC1C2. The van der Waals surface area contributed by atoms with Crippen LogP contribution in [0, 0.1) is 17.8 Å². The number of hydrogen-bond acceptors (Lipinski definition) is 3. The number of aliphatic hydroxyl groups excluding tert-OH is 1. The summed E-state index contributed by atoms with van der Waals surface area (Å²) in [5, 5.41) is 20.0. The molecule has 0 spiro atoms. The van der Waals surface area contributed by atoms with Gasteiger partial charge in [-0.2, -0.15) is 0 Å². The first-order valence-corrected chi connectivity index (χ1v) is 5.49. The Bertz CT molecular complexity index is 275. The van der Waals surface area contributed by atoms with Crippen LogP contribution in [0.1, 0.15) is 19.3 Å². The molecule has 4 heteroatoms. The maximum atomic E-state index is 11.7. The summed E-state index contributed by atoms with van der Waals surface area (Å²) >= 11 is 0. The van der Waals surface area contributed by atoms with E-state index < -0.39 is 6.29 Å². The molecule has 3 unspecified atom stereocenters. The van der Waals surface area contributed by atoms with Crippen LogP contribution in [0.15, 0.2) is 12.2 Å². The van der Waals surface area contributed by atoms with Crippen LogP contribution in [0.5, 0.6) is 0 Å². The highest BCUT2D eigenvalue weighted by molar-refractivity contribution is 5.79. The minimum absolute atomic E-state index is 0.0625. The van der Waals surface area contributed by atoms with E-state index in [-0.39, 0.29) is 18.2 Å². The van der Waals surface area contributed by atoms with Gasteiger partial charge in [-0.05, 0) is 24.7 Å². The first kappa shape index (κ1) is 10.6. The average Bonchev–Trinajstić information content (AvgIpc) is 2.77. The van der Waals surface area contributed by atoms with Crippen molar-refractivity contribution < 1.29 is 15.0 Å². The van der Waals surface area contributed by atoms with Crippen molar-refractivity contribution in [2.45, 2.75) is 25.6 Å². The number of allylic oxidation sites excluding steroid dienone is 2. The molecule has 2 rings (SSSR count). The molecule has 0 aromatic heterocycles. The zero-order valence-electron chi connectivity index (χ0n) is 8.60. The van der Waals surface area contributed by atoms with Gasteiger partial charge in [-0.1, -0.05) is 12.2 Å². The van der Waals surface area contributed by atoms with E-state index in [9.17, 15) is 4.79 Å². The minimum atomic E-state index is -1.33. The van der Waals surface area contributed by atoms with Crippen LogP contribution < -0.4 is 5.32 Å². The molecule has 0 aromatic carbocycles. The zero-order chi connectivity index (χ0) is 10.8. The lowest BCUT2D eigenvalue weighted by Crippen LogP contribution is -2.34. The lowest BCUT2D eigenvalue weighted by molar-refractivity contribution is -0.126. The van der Waals surface area contributed by atoms with Gasteiger partial charge in [0.1, 0.15) is 0 Å². The number of hydrogen-bond donors (Lipinski definition) is 3. The molecule has 2 aliphatic carbocycles. The largest absolute Gasteiger partial charge is 0.368 e. The van der Waals surface area contributed by atoms with Crippen molar-refractivity contribution in [1.82, 2.24) is 5.32 Å². The molecular weight excluding hydrogens is 194 g/mol. The fraction of sp³-hybridized carbons (Fsp3) is 0.727. The summed E-state index contributed by atoms with van der Waals surface area (Å²) < 4.78 is 0. The summed E-state index contributed by atoms with van der Waals surface area (Å²) in [6, 6.07) is 0. The molecule has 0 saturated heterocycles. The van der Waals surface area contributed by atoms with Crippen LogP contribution in [-0.4, -0.2) is 29.0 Å². The summed E-state index contributed by atoms with van der Waals surface area (Å²) in [5.74, 6) is 1.17. The Morgan fingerprint density at radius 1 is 1.40 bits per heavy atom. The Balaban J connectivity index is 1.75. The molecule has 4 nitrogen and oxygen atoms in total. The van der Waals surface area contributed by atoms with Gasteiger partial charge in [0.25, 0.3) is 0 Å². The Hall–Kier alpha value is -0.870. The second kappa shape index (κ2) is 4.33. The summed E-state index contributed by atoms with van der Waals surface area (Å²) in [6.07, 6.45) is 5.27. The number of fused-ring (bicyclic) bond motifs is 2. The van der Waals surface area contributed by atoms with Gasteiger partial charge < -0.3 is 15.5 Å². The second-order valence-electron chi connectivity index (χ2n) is 4.45. The van der Waals surface area contributed by atoms with Crippen molar-refractivity contribution in [3.63, 3.8) is 0 Å². The van der Waals surface area contributed by atoms with Gasteiger partial charge in [0.2, 0.25) is 5.91 Å². The van der Waals surface area contributed by atoms with Gasteiger partial charge in [0, 0.05) is 18.9 Å². The maximum Gasteiger partial charge on any atom is 0.223 e. The fourth-order valence-electron chi connectivity index (χ4n) is 2.54. The van der Waals surface area contributed by atoms with E-state index >= 15 is 0 Å². The Morgan fingerprint density at radius 2 is 2.20 bits per heavy atom. The Morgan fingerprint density at radius 3 is 2.73 bits per heavy atom. The highest BCUT2D eigenvalue weighted by Crippen LogP contribution is 2.43. The standard InChI is InChI=1S/C11H17NO3/c13-10(14)3-4-12-11(15)9-6-7-1-2-8(9)5-7/h1-2,7-10,13-14H,3-6H2,(H,12,15). The van der Waals surface area contributed by atoms with E-state index in [0.717, 1.165) is 12.8 Å². The quantitative estimate of drug-likeness (QED) is 0.453. The van der Waals surface area contributed by atoms with E-state index in [4.69, 9.17) is 10.2 Å². The van der Waals surface area contributed by atoms with E-state index in [1.807, 2.05) is 0 Å². The predicted octanol–water partition coefficient (Wildman–Crippen LogP) is 0.0156. The molecule has 0 aliphatic heterocycles. The molecule has 84 valence electrons. The smallest absolute Gasteiger partial charge is 0.223 e. The molecule has 3 atom stereocenters. The predicted molar refractivity (Wildman–Crippen MR) is 54.7 cm³/mol. The van der Waals surface area contributed by atoms with Gasteiger partial charge in [0.15, 0.2) is 6.29 Å². The molecule has 0 heterocycles. The van der Waals surface area contributed by atoms with Crippen molar-refractivity contribution in [2.24, 2.45) is 17.8 Å². The molecule has 2 bridgehead atoms. The second-order valence-corrected chi connectivity index (χ2v) is 4.45. The molecular formula is C11H17NO3. The van der Waals surface area contributed by atoms with Crippen molar-refractivity contribution in [2.75, 3.05) is 6.54 Å². The maximum absolute atomic E-state index is 11.7. The lowest BCUT2D eigenvalue weighted by Gasteiger charge is -2.17. The number of amides is 1. The fourth-order valence-corrected chi connectivity index (χ4v) is 2.54. The van der Waals surface area contributed by atoms with Gasteiger partial charge in [-0.15, -0.1) is 0 Å². The molecule has 3 N–H and O–H groups in total. The first-order valence-electron chi connectivity index (χ1n) is 5.49. The van der Waals surface area contributed by atoms with Crippen molar-refractivity contribution in [3.05, 3.63) is 12.2 Å². The zero-order valence-corrected chi connectivity index (χ0v) is 8.60. The van der Waals surface area contributed by atoms with Crippen LogP contribution in [0.25, 0.3) is 0 Å². The highest BCUT2D eigenvalue weighted by Gasteiger charge is 2.39. The average molecular weight is 211 g/mol. The van der Waals surface area contributed by atoms with Crippen molar-refractivity contribution in [3.8, 4) is 0 Å². The van der Waals surface area contributed by atoms with Gasteiger partial charge in [0.05, 0.1) is 0 Å². The summed E-state index contributed by atoms with van der Waals surface area (Å²) in [7, 11) is 0. The minimum Gasteiger partial charge on any atom is -0.368 e. The summed E-state index contributed by atoms with van der Waals surface area (Å²) in [5.41, 5.74) is 0. The van der Waals surface area contributed by atoms with E-state index in [1.165, 1.54) is 0 Å². The van der Waals surface area contributed by atoms with Gasteiger partial charge in [-0.3, -0.25) is 4.79 Å². The molecule has 15 heavy (non-hydrogen) atoms. The molecule has 1 fully saturated rings. The van der Waals surface area contributed by atoms with E-state index in [2.05, 4.69) is 17.5 Å². The van der Waals surface area contributed by atoms with Crippen molar-refractivity contribution in [1.29, 1.82) is 0 Å². The monoisotopic (exact) mass is 211 g/mol. The number of carbonyl (C=O) groups is 1. The Labute approximate surface area is 89.0 Å². The molecule has 1 amide bonds. The molecule has 0 radical (unpaired) electrons. The first-order chi connectivity index (χ1) is 7.16. The Kier molecular flexibility index (Phi) is 3.07. The van der Waals surface area contributed by atoms with Crippen LogP contribution >= 0.6 is 0 Å². The third-order valence-electron chi connectivity index (χ3n) is 3.32. The third-order valence-corrected chi connectivity index (χ3v) is 3.32. The lowest BCUT2D eigenvalue weighted by atomic mass is 9.93. The topological polar surface area (TPSA) is 69.6 Å².